The summed E-state index contributed by atoms with van der Waals surface area (Å²) in [6.45, 7) is 2.29. The van der Waals surface area contributed by atoms with Gasteiger partial charge in [0, 0.05) is 35.1 Å². The first-order valence-corrected chi connectivity index (χ1v) is 10.9. The fourth-order valence-corrected chi connectivity index (χ4v) is 4.83. The topological polar surface area (TPSA) is 66.5 Å². The summed E-state index contributed by atoms with van der Waals surface area (Å²) in [5.41, 5.74) is 1.53. The average molecular weight is 441 g/mol. The van der Waals surface area contributed by atoms with Crippen LogP contribution in [-0.4, -0.2) is 26.6 Å². The van der Waals surface area contributed by atoms with E-state index in [0.29, 0.717) is 12.2 Å². The van der Waals surface area contributed by atoms with Crippen LogP contribution in [0.1, 0.15) is 12.5 Å². The van der Waals surface area contributed by atoms with Gasteiger partial charge < -0.3 is 4.90 Å². The van der Waals surface area contributed by atoms with E-state index in [1.807, 2.05) is 24.3 Å². The number of rotatable bonds is 4. The molecular formula is C17H17BrN2O3S2. The molecule has 8 heteroatoms. The number of nitrogens with one attached hydrogen (secondary N) is 1. The smallest absolute Gasteiger partial charge is 0.240 e. The Hall–Kier alpha value is -1.35. The first-order chi connectivity index (χ1) is 11.9. The zero-order valence-corrected chi connectivity index (χ0v) is 16.7. The Labute approximate surface area is 160 Å². The minimum atomic E-state index is -3.66. The molecule has 2 aromatic carbocycles. The van der Waals surface area contributed by atoms with Gasteiger partial charge >= 0.3 is 0 Å². The van der Waals surface area contributed by atoms with Gasteiger partial charge in [0.2, 0.25) is 15.9 Å². The van der Waals surface area contributed by atoms with Gasteiger partial charge in [-0.15, -0.1) is 11.8 Å². The van der Waals surface area contributed by atoms with Crippen LogP contribution < -0.4 is 9.62 Å². The van der Waals surface area contributed by atoms with Crippen molar-refractivity contribution in [2.45, 2.75) is 23.3 Å². The van der Waals surface area contributed by atoms with Crippen molar-refractivity contribution in [3.8, 4) is 0 Å². The van der Waals surface area contributed by atoms with Crippen LogP contribution in [0.4, 0.5) is 5.69 Å². The number of nitrogens with zero attached hydrogens (tertiary/aromatic N) is 1. The molecule has 1 N–H and O–H groups in total. The lowest BCUT2D eigenvalue weighted by Gasteiger charge is -2.28. The van der Waals surface area contributed by atoms with Crippen LogP contribution in [0.3, 0.4) is 0 Å². The predicted octanol–water partition coefficient (Wildman–Crippen LogP) is 3.39. The van der Waals surface area contributed by atoms with E-state index in [2.05, 4.69) is 20.7 Å². The molecule has 3 rings (SSSR count). The Bertz CT molecular complexity index is 899. The summed E-state index contributed by atoms with van der Waals surface area (Å²) in [4.78, 5) is 14.5. The van der Waals surface area contributed by atoms with Crippen LogP contribution >= 0.6 is 27.7 Å². The summed E-state index contributed by atoms with van der Waals surface area (Å²) in [7, 11) is -3.66. The van der Waals surface area contributed by atoms with Crippen LogP contribution in [0.15, 0.2) is 56.7 Å². The molecule has 0 aromatic heterocycles. The third-order valence-electron chi connectivity index (χ3n) is 3.86. The van der Waals surface area contributed by atoms with Gasteiger partial charge in [0.15, 0.2) is 0 Å². The van der Waals surface area contributed by atoms with Crippen LogP contribution in [0, 0.1) is 0 Å². The quantitative estimate of drug-likeness (QED) is 0.790. The number of carbonyl (C=O) groups is 1. The monoisotopic (exact) mass is 440 g/mol. The molecule has 0 fully saturated rings. The molecule has 0 unspecified atom stereocenters. The van der Waals surface area contributed by atoms with E-state index in [4.69, 9.17) is 0 Å². The second-order valence-corrected chi connectivity index (χ2v) is 9.42. The molecule has 25 heavy (non-hydrogen) atoms. The SMILES string of the molecule is CC(=O)N1CCSc2ccc(S(=O)(=O)NCc3ccc(Br)cc3)cc21. The molecule has 2 aromatic rings. The van der Waals surface area contributed by atoms with E-state index >= 15 is 0 Å². The molecule has 1 amide bonds. The van der Waals surface area contributed by atoms with Crippen molar-refractivity contribution in [2.24, 2.45) is 0 Å². The number of benzene rings is 2. The standard InChI is InChI=1S/C17H17BrN2O3S2/c1-12(21)20-8-9-24-17-7-6-15(10-16(17)20)25(22,23)19-11-13-2-4-14(18)5-3-13/h2-7,10,19H,8-9,11H2,1H3. The van der Waals surface area contributed by atoms with Crippen molar-refractivity contribution in [2.75, 3.05) is 17.2 Å². The van der Waals surface area contributed by atoms with Gasteiger partial charge in [0.1, 0.15) is 0 Å². The zero-order chi connectivity index (χ0) is 18.0. The molecule has 0 atom stereocenters. The summed E-state index contributed by atoms with van der Waals surface area (Å²) in [6.07, 6.45) is 0. The Morgan fingerprint density at radius 2 is 1.96 bits per heavy atom. The number of thioether (sulfide) groups is 1. The van der Waals surface area contributed by atoms with E-state index in [0.717, 1.165) is 20.7 Å². The second kappa shape index (κ2) is 7.49. The summed E-state index contributed by atoms with van der Waals surface area (Å²) >= 11 is 4.98. The van der Waals surface area contributed by atoms with E-state index in [-0.39, 0.29) is 17.3 Å². The predicted molar refractivity (Wildman–Crippen MR) is 103 cm³/mol. The van der Waals surface area contributed by atoms with Gasteiger partial charge in [-0.1, -0.05) is 28.1 Å². The van der Waals surface area contributed by atoms with Gasteiger partial charge in [-0.3, -0.25) is 4.79 Å². The lowest BCUT2D eigenvalue weighted by molar-refractivity contribution is -0.116. The van der Waals surface area contributed by atoms with Crippen molar-refractivity contribution in [1.82, 2.24) is 4.72 Å². The van der Waals surface area contributed by atoms with E-state index in [1.165, 1.54) is 6.92 Å². The summed E-state index contributed by atoms with van der Waals surface area (Å²) in [5.74, 6) is 0.722. The Morgan fingerprint density at radius 3 is 2.64 bits per heavy atom. The van der Waals surface area contributed by atoms with Crippen LogP contribution in [0.2, 0.25) is 0 Å². The number of hydrogen-bond donors (Lipinski definition) is 1. The molecule has 0 spiro atoms. The number of hydrogen-bond acceptors (Lipinski definition) is 4. The number of carbonyl (C=O) groups excluding carboxylic acids is 1. The van der Waals surface area contributed by atoms with Crippen molar-refractivity contribution in [1.29, 1.82) is 0 Å². The number of amides is 1. The highest BCUT2D eigenvalue weighted by atomic mass is 79.9. The largest absolute Gasteiger partial charge is 0.311 e. The molecule has 0 aliphatic carbocycles. The van der Waals surface area contributed by atoms with Crippen LogP contribution in [-0.2, 0) is 21.4 Å². The number of anilines is 1. The van der Waals surface area contributed by atoms with Crippen molar-refractivity contribution >= 4 is 49.3 Å². The molecule has 1 heterocycles. The molecule has 0 radical (unpaired) electrons. The number of fused-ring (bicyclic) bond motifs is 1. The van der Waals surface area contributed by atoms with Crippen molar-refractivity contribution < 1.29 is 13.2 Å². The molecule has 5 nitrogen and oxygen atoms in total. The normalized spacial score (nSPS) is 14.2. The minimum absolute atomic E-state index is 0.0843. The Morgan fingerprint density at radius 1 is 1.24 bits per heavy atom. The maximum absolute atomic E-state index is 12.6. The Balaban J connectivity index is 1.83. The first-order valence-electron chi connectivity index (χ1n) is 7.66. The second-order valence-electron chi connectivity index (χ2n) is 5.60. The lowest BCUT2D eigenvalue weighted by Crippen LogP contribution is -2.33. The summed E-state index contributed by atoms with van der Waals surface area (Å²) in [6, 6.07) is 12.4. The molecule has 1 aliphatic rings. The molecule has 0 saturated heterocycles. The van der Waals surface area contributed by atoms with Gasteiger partial charge in [-0.2, -0.15) is 0 Å². The average Bonchev–Trinajstić information content (AvgIpc) is 2.60. The van der Waals surface area contributed by atoms with E-state index in [1.54, 1.807) is 34.9 Å². The fraction of sp³-hybridized carbons (Fsp3) is 0.235. The van der Waals surface area contributed by atoms with Gasteiger partial charge in [-0.25, -0.2) is 13.1 Å². The first kappa shape index (κ1) is 18.4. The van der Waals surface area contributed by atoms with Gasteiger partial charge in [0.25, 0.3) is 0 Å². The molecule has 132 valence electrons. The highest BCUT2D eigenvalue weighted by Crippen LogP contribution is 2.36. The molecule has 0 saturated carbocycles. The maximum Gasteiger partial charge on any atom is 0.240 e. The highest BCUT2D eigenvalue weighted by molar-refractivity contribution is 9.10. The zero-order valence-electron chi connectivity index (χ0n) is 13.5. The number of sulfonamides is 1. The maximum atomic E-state index is 12.6. The Kier molecular flexibility index (Phi) is 5.52. The summed E-state index contributed by atoms with van der Waals surface area (Å²) in [5, 5.41) is 0. The van der Waals surface area contributed by atoms with E-state index in [9.17, 15) is 13.2 Å². The van der Waals surface area contributed by atoms with Crippen molar-refractivity contribution in [3.05, 3.63) is 52.5 Å². The molecular weight excluding hydrogens is 424 g/mol. The highest BCUT2D eigenvalue weighted by Gasteiger charge is 2.23. The third kappa shape index (κ3) is 4.25. The third-order valence-corrected chi connectivity index (χ3v) is 6.83. The lowest BCUT2D eigenvalue weighted by atomic mass is 10.2. The molecule has 0 bridgehead atoms. The van der Waals surface area contributed by atoms with Gasteiger partial charge in [-0.05, 0) is 35.9 Å². The fourth-order valence-electron chi connectivity index (χ4n) is 2.56. The van der Waals surface area contributed by atoms with Gasteiger partial charge in [0.05, 0.1) is 10.6 Å². The van der Waals surface area contributed by atoms with E-state index < -0.39 is 10.0 Å². The van der Waals surface area contributed by atoms with Crippen molar-refractivity contribution in [3.63, 3.8) is 0 Å². The number of halogens is 1. The minimum Gasteiger partial charge on any atom is -0.311 e. The van der Waals surface area contributed by atoms with Crippen LogP contribution in [0.25, 0.3) is 0 Å². The summed E-state index contributed by atoms with van der Waals surface area (Å²) < 4.78 is 28.8. The molecule has 1 aliphatic heterocycles. The van der Waals surface area contributed by atoms with Crippen LogP contribution in [0.5, 0.6) is 0 Å².